The number of carbonyl (C=O) groups is 3. The average molecular weight is 871 g/mol. The number of amides is 3. The number of H-pyrrole nitrogens is 2. The lowest BCUT2D eigenvalue weighted by Gasteiger charge is -2.34. The number of imidazole rings is 2. The second-order valence-corrected chi connectivity index (χ2v) is 16.3. The molecule has 14 nitrogen and oxygen atoms in total. The summed E-state index contributed by atoms with van der Waals surface area (Å²) in [7, 11) is 2.61. The number of ether oxygens (including phenoxy) is 2. The van der Waals surface area contributed by atoms with Gasteiger partial charge in [0.1, 0.15) is 23.9 Å². The molecule has 1 aromatic carbocycles. The Kier molecular flexibility index (Phi) is 16.7. The summed E-state index contributed by atoms with van der Waals surface area (Å²) in [5.41, 5.74) is 6.90. The van der Waals surface area contributed by atoms with Gasteiger partial charge in [-0.15, -0.1) is 12.3 Å². The van der Waals surface area contributed by atoms with Gasteiger partial charge in [0, 0.05) is 31.3 Å². The fourth-order valence-electron chi connectivity index (χ4n) is 8.53. The lowest BCUT2D eigenvalue weighted by molar-refractivity contribution is -0.135. The van der Waals surface area contributed by atoms with E-state index in [1.165, 1.54) is 14.2 Å². The van der Waals surface area contributed by atoms with Gasteiger partial charge in [0.2, 0.25) is 5.91 Å². The molecule has 0 saturated heterocycles. The van der Waals surface area contributed by atoms with Crippen LogP contribution in [0, 0.1) is 30.1 Å². The maximum Gasteiger partial charge on any atom is 0.407 e. The van der Waals surface area contributed by atoms with Crippen LogP contribution in [0.1, 0.15) is 82.2 Å². The molecule has 4 unspecified atom stereocenters. The van der Waals surface area contributed by atoms with Crippen molar-refractivity contribution < 1.29 is 29.0 Å². The fraction of sp³-hybridized carbons (Fsp3) is 0.420. The molecule has 14 heteroatoms. The number of methoxy groups -OCH3 is 2. The highest BCUT2D eigenvalue weighted by molar-refractivity contribution is 5.86. The summed E-state index contributed by atoms with van der Waals surface area (Å²) in [4.78, 5) is 58.1. The Labute approximate surface area is 376 Å². The summed E-state index contributed by atoms with van der Waals surface area (Å²) in [5, 5.41) is 17.2. The first-order valence-electron chi connectivity index (χ1n) is 22.3. The van der Waals surface area contributed by atoms with Crippen LogP contribution in [0.5, 0.6) is 0 Å². The summed E-state index contributed by atoms with van der Waals surface area (Å²) in [6, 6.07) is 7.03. The normalized spacial score (nSPS) is 18.0. The highest BCUT2D eigenvalue weighted by Crippen LogP contribution is 2.36. The van der Waals surface area contributed by atoms with Crippen molar-refractivity contribution >= 4 is 29.2 Å². The van der Waals surface area contributed by atoms with Gasteiger partial charge in [-0.2, -0.15) is 0 Å². The molecule has 5 N–H and O–H groups in total. The zero-order valence-electron chi connectivity index (χ0n) is 37.6. The Bertz CT molecular complexity index is 2310. The van der Waals surface area contributed by atoms with Crippen LogP contribution in [0.25, 0.3) is 22.4 Å². The highest BCUT2D eigenvalue weighted by Gasteiger charge is 2.33. The van der Waals surface area contributed by atoms with Crippen molar-refractivity contribution in [3.8, 4) is 23.6 Å². The molecule has 3 amide bonds. The van der Waals surface area contributed by atoms with Crippen LogP contribution in [-0.4, -0.2) is 98.6 Å². The number of carbonyl (C=O) groups excluding carboxylic acids is 3. The topological polar surface area (TPSA) is 178 Å². The minimum Gasteiger partial charge on any atom is -0.453 e. The molecule has 6 rings (SSSR count). The van der Waals surface area contributed by atoms with Gasteiger partial charge in [0.15, 0.2) is 0 Å². The Morgan fingerprint density at radius 1 is 0.875 bits per heavy atom. The van der Waals surface area contributed by atoms with Gasteiger partial charge in [0.25, 0.3) is 0 Å². The summed E-state index contributed by atoms with van der Waals surface area (Å²) in [5.74, 6) is 4.01. The number of aromatic nitrogens is 4. The largest absolute Gasteiger partial charge is 0.453 e. The van der Waals surface area contributed by atoms with Gasteiger partial charge in [-0.1, -0.05) is 113 Å². The van der Waals surface area contributed by atoms with E-state index < -0.39 is 30.5 Å². The number of nitrogens with one attached hydrogen (secondary N) is 4. The minimum atomic E-state index is -0.984. The van der Waals surface area contributed by atoms with Crippen LogP contribution in [-0.2, 0) is 27.4 Å². The van der Waals surface area contributed by atoms with Crippen LogP contribution in [0.3, 0.4) is 0 Å². The number of terminal acetylenes is 1. The Morgan fingerprint density at radius 2 is 1.50 bits per heavy atom. The molecule has 0 spiro atoms. The van der Waals surface area contributed by atoms with E-state index in [1.54, 1.807) is 11.1 Å². The molecule has 0 aliphatic heterocycles. The molecule has 2 heterocycles. The fourth-order valence-corrected chi connectivity index (χ4v) is 8.53. The molecular weight excluding hydrogens is 809 g/mol. The molecule has 0 radical (unpaired) electrons. The number of benzene rings is 1. The number of aliphatic hydroxyl groups is 1. The lowest BCUT2D eigenvalue weighted by atomic mass is 9.79. The first-order valence-corrected chi connectivity index (χ1v) is 22.3. The Morgan fingerprint density at radius 3 is 2.14 bits per heavy atom. The molecular formula is C50H62N8O6. The van der Waals surface area contributed by atoms with Crippen LogP contribution >= 0.6 is 0 Å². The predicted molar refractivity (Wildman–Crippen MR) is 249 cm³/mol. The van der Waals surface area contributed by atoms with Crippen molar-refractivity contribution in [2.75, 3.05) is 27.3 Å². The molecule has 3 aromatic rings. The third-order valence-electron chi connectivity index (χ3n) is 12.1. The standard InChI is InChI=1S/C50H62N8O6/c1-7-11-26-58(47(59)45(33(9-3)10-4)55-49(61)63-5)32-44-52-30-42(54-44)40-24-23-38-27-37(21-22-39(38)28-40)34-17-19-35(20-18-34)41-29-51-43(53-41)31-57(25-8-2)48(60)46(56-50(62)64-6)36-15-13-12-14-16-36/h1,12-13,15,17-24,27-30,33,38-39,45-46,48,60H,8-11,14,16,25-26,31-32H2,2-6H3,(H,51,53)(H,52,54)(H,55,61)(H,56,62)/t38?,39?,45-,46?,48?/m0/s1. The number of aliphatic hydroxyl groups excluding tert-OH is 1. The van der Waals surface area contributed by atoms with Crippen molar-refractivity contribution in [1.82, 2.24) is 40.4 Å². The van der Waals surface area contributed by atoms with Crippen molar-refractivity contribution in [2.45, 2.75) is 90.7 Å². The first-order chi connectivity index (χ1) is 31.1. The molecule has 0 bridgehead atoms. The van der Waals surface area contributed by atoms with E-state index in [4.69, 9.17) is 15.9 Å². The summed E-state index contributed by atoms with van der Waals surface area (Å²) in [6.45, 7) is 7.56. The van der Waals surface area contributed by atoms with Crippen LogP contribution in [0.2, 0.25) is 0 Å². The number of hydrogen-bond acceptors (Lipinski definition) is 9. The van der Waals surface area contributed by atoms with E-state index >= 15 is 0 Å². The van der Waals surface area contributed by atoms with Crippen molar-refractivity contribution in [2.24, 2.45) is 17.8 Å². The highest BCUT2D eigenvalue weighted by atomic mass is 16.5. The van der Waals surface area contributed by atoms with E-state index in [2.05, 4.69) is 110 Å². The van der Waals surface area contributed by atoms with Crippen LogP contribution in [0.4, 0.5) is 9.59 Å². The van der Waals surface area contributed by atoms with Crippen molar-refractivity contribution in [1.29, 1.82) is 0 Å². The Hall–Kier alpha value is -6.43. The molecule has 3 aliphatic carbocycles. The van der Waals surface area contributed by atoms with E-state index in [0.717, 1.165) is 58.5 Å². The zero-order valence-corrected chi connectivity index (χ0v) is 37.6. The SMILES string of the molecule is C#CCCN(Cc1ncc(C2=CC3C=CC(c4ccc(-c5cnc(CN(CCC)C(O)C(NC(=O)OC)C6=CC=CCC6)[nH]5)cc4)=CC3C=C2)[nH]1)C(=O)[C@@H](NC(=O)OC)C(CC)CC. The third kappa shape index (κ3) is 11.8. The van der Waals surface area contributed by atoms with Crippen molar-refractivity contribution in [3.63, 3.8) is 0 Å². The molecule has 0 saturated carbocycles. The van der Waals surface area contributed by atoms with Crippen LogP contribution < -0.4 is 10.6 Å². The number of alkyl carbamates (subject to hydrolysis) is 2. The summed E-state index contributed by atoms with van der Waals surface area (Å²) >= 11 is 0. The van der Waals surface area contributed by atoms with Gasteiger partial charge in [-0.05, 0) is 53.0 Å². The number of aromatic amines is 2. The first kappa shape index (κ1) is 47.1. The van der Waals surface area contributed by atoms with Crippen molar-refractivity contribution in [3.05, 3.63) is 120 Å². The molecule has 2 aromatic heterocycles. The average Bonchev–Trinajstić information content (AvgIpc) is 4.01. The molecule has 64 heavy (non-hydrogen) atoms. The number of fused-ring (bicyclic) bond motifs is 1. The van der Waals surface area contributed by atoms with E-state index in [9.17, 15) is 19.5 Å². The number of nitrogens with zero attached hydrogens (tertiary/aromatic N) is 4. The molecule has 0 fully saturated rings. The second kappa shape index (κ2) is 22.8. The Balaban J connectivity index is 1.09. The minimum absolute atomic E-state index is 0.0661. The molecule has 5 atom stereocenters. The van der Waals surface area contributed by atoms with Gasteiger partial charge in [-0.3, -0.25) is 9.69 Å². The van der Waals surface area contributed by atoms with E-state index in [1.807, 2.05) is 37.1 Å². The smallest absolute Gasteiger partial charge is 0.407 e. The number of allylic oxidation sites excluding steroid dienone is 11. The van der Waals surface area contributed by atoms with Gasteiger partial charge in [0.05, 0.1) is 57.1 Å². The second-order valence-electron chi connectivity index (χ2n) is 16.3. The van der Waals surface area contributed by atoms with Gasteiger partial charge in [-0.25, -0.2) is 19.6 Å². The third-order valence-corrected chi connectivity index (χ3v) is 12.1. The maximum absolute atomic E-state index is 13.9. The maximum atomic E-state index is 13.9. The lowest BCUT2D eigenvalue weighted by Crippen LogP contribution is -2.53. The van der Waals surface area contributed by atoms with E-state index in [-0.39, 0.29) is 30.2 Å². The van der Waals surface area contributed by atoms with Gasteiger partial charge >= 0.3 is 12.2 Å². The number of rotatable bonds is 20. The van der Waals surface area contributed by atoms with Crippen LogP contribution in [0.15, 0.2) is 96.9 Å². The molecule has 3 aliphatic rings. The summed E-state index contributed by atoms with van der Waals surface area (Å²) < 4.78 is 9.72. The molecule has 338 valence electrons. The quantitative estimate of drug-likeness (QED) is 0.0563. The predicted octanol–water partition coefficient (Wildman–Crippen LogP) is 7.68. The zero-order chi connectivity index (χ0) is 45.6. The van der Waals surface area contributed by atoms with E-state index in [0.29, 0.717) is 50.5 Å². The monoisotopic (exact) mass is 870 g/mol. The van der Waals surface area contributed by atoms with Gasteiger partial charge < -0.3 is 40.1 Å². The summed E-state index contributed by atoms with van der Waals surface area (Å²) in [6.07, 6.45) is 30.4. The number of hydrogen-bond donors (Lipinski definition) is 5.